The van der Waals surface area contributed by atoms with Gasteiger partial charge in [0.05, 0.1) is 10.9 Å². The first kappa shape index (κ1) is 13.1. The van der Waals surface area contributed by atoms with Crippen molar-refractivity contribution in [1.29, 1.82) is 0 Å². The van der Waals surface area contributed by atoms with Gasteiger partial charge in [-0.25, -0.2) is 4.79 Å². The monoisotopic (exact) mass is 262 g/mol. The van der Waals surface area contributed by atoms with Gasteiger partial charge in [-0.2, -0.15) is 4.68 Å². The van der Waals surface area contributed by atoms with Crippen molar-refractivity contribution in [3.05, 3.63) is 24.3 Å². The fourth-order valence-corrected chi connectivity index (χ4v) is 1.61. The first-order valence-electron chi connectivity index (χ1n) is 5.74. The lowest BCUT2D eigenvalue weighted by molar-refractivity contribution is -0.120. The molecular formula is C13H14N2O4. The van der Waals surface area contributed by atoms with Crippen LogP contribution >= 0.6 is 0 Å². The van der Waals surface area contributed by atoms with Crippen LogP contribution < -0.4 is 4.74 Å². The van der Waals surface area contributed by atoms with Crippen LogP contribution in [0.3, 0.4) is 0 Å². The van der Waals surface area contributed by atoms with Gasteiger partial charge in [-0.05, 0) is 32.9 Å². The van der Waals surface area contributed by atoms with Gasteiger partial charge in [0.1, 0.15) is 5.60 Å². The molecule has 0 spiro atoms. The van der Waals surface area contributed by atoms with E-state index in [1.54, 1.807) is 45.0 Å². The predicted octanol–water partition coefficient (Wildman–Crippen LogP) is 2.35. The Bertz CT molecular complexity index is 625. The molecule has 0 saturated carbocycles. The summed E-state index contributed by atoms with van der Waals surface area (Å²) in [6.07, 6.45) is -0.621. The zero-order chi connectivity index (χ0) is 14.0. The highest BCUT2D eigenvalue weighted by molar-refractivity contribution is 5.92. The normalized spacial score (nSPS) is 11.3. The second-order valence-corrected chi connectivity index (χ2v) is 4.93. The molecule has 0 amide bonds. The van der Waals surface area contributed by atoms with Gasteiger partial charge in [0, 0.05) is 0 Å². The minimum Gasteiger partial charge on any atom is -0.442 e. The summed E-state index contributed by atoms with van der Waals surface area (Å²) in [5.74, 6) is 0.0801. The third-order valence-corrected chi connectivity index (χ3v) is 2.28. The number of aromatic nitrogens is 2. The van der Waals surface area contributed by atoms with E-state index in [0.29, 0.717) is 10.9 Å². The first-order valence-corrected chi connectivity index (χ1v) is 5.74. The molecule has 2 rings (SSSR count). The number of hydrogen-bond donors (Lipinski definition) is 0. The average molecular weight is 262 g/mol. The van der Waals surface area contributed by atoms with Crippen LogP contribution in [0.2, 0.25) is 0 Å². The topological polar surface area (TPSA) is 70.4 Å². The highest BCUT2D eigenvalue weighted by Gasteiger charge is 2.22. The van der Waals surface area contributed by atoms with Crippen LogP contribution in [0.4, 0.5) is 4.79 Å². The molecule has 6 heteroatoms. The highest BCUT2D eigenvalue weighted by atomic mass is 16.6. The van der Waals surface area contributed by atoms with Crippen molar-refractivity contribution in [2.45, 2.75) is 26.4 Å². The van der Waals surface area contributed by atoms with Crippen LogP contribution in [0, 0.1) is 0 Å². The van der Waals surface area contributed by atoms with Crippen molar-refractivity contribution in [3.63, 3.8) is 0 Å². The molecule has 0 N–H and O–H groups in total. The second-order valence-electron chi connectivity index (χ2n) is 4.93. The molecule has 0 aliphatic carbocycles. The van der Waals surface area contributed by atoms with E-state index in [0.717, 1.165) is 4.68 Å². The van der Waals surface area contributed by atoms with E-state index in [1.807, 2.05) is 0 Å². The third-order valence-electron chi connectivity index (χ3n) is 2.28. The number of carbonyl (C=O) groups excluding carboxylic acids is 2. The standard InChI is InChI=1S/C13H14N2O4/c1-13(2,3)19-12(17)15-10-7-5-4-6-9(10)11(14-15)18-8-16/h4-8H,1-3H3. The number of fused-ring (bicyclic) bond motifs is 1. The summed E-state index contributed by atoms with van der Waals surface area (Å²) < 4.78 is 11.1. The van der Waals surface area contributed by atoms with Crippen LogP contribution in [0.25, 0.3) is 10.9 Å². The summed E-state index contributed by atoms with van der Waals surface area (Å²) in [5, 5.41) is 4.52. The Morgan fingerprint density at radius 3 is 2.63 bits per heavy atom. The summed E-state index contributed by atoms with van der Waals surface area (Å²) in [6, 6.07) is 6.93. The molecule has 0 bridgehead atoms. The Balaban J connectivity index is 2.48. The summed E-state index contributed by atoms with van der Waals surface area (Å²) in [5.41, 5.74) is -0.107. The summed E-state index contributed by atoms with van der Waals surface area (Å²) in [4.78, 5) is 22.5. The summed E-state index contributed by atoms with van der Waals surface area (Å²) in [7, 11) is 0. The molecule has 0 saturated heterocycles. The Labute approximate surface area is 109 Å². The van der Waals surface area contributed by atoms with Crippen LogP contribution in [0.1, 0.15) is 20.8 Å². The Morgan fingerprint density at radius 2 is 2.00 bits per heavy atom. The highest BCUT2D eigenvalue weighted by Crippen LogP contribution is 2.25. The quantitative estimate of drug-likeness (QED) is 0.777. The number of para-hydroxylation sites is 1. The van der Waals surface area contributed by atoms with Crippen LogP contribution in [-0.4, -0.2) is 27.9 Å². The van der Waals surface area contributed by atoms with Gasteiger partial charge in [-0.3, -0.25) is 4.79 Å². The number of benzene rings is 1. The molecule has 19 heavy (non-hydrogen) atoms. The number of ether oxygens (including phenoxy) is 2. The Hall–Kier alpha value is -2.37. The smallest absolute Gasteiger partial charge is 0.435 e. The molecule has 0 atom stereocenters. The minimum absolute atomic E-state index is 0.0801. The van der Waals surface area contributed by atoms with Crippen molar-refractivity contribution in [2.24, 2.45) is 0 Å². The lowest BCUT2D eigenvalue weighted by Gasteiger charge is -2.19. The number of nitrogens with zero attached hydrogens (tertiary/aromatic N) is 2. The molecular weight excluding hydrogens is 248 g/mol. The molecule has 0 unspecified atom stereocenters. The zero-order valence-corrected chi connectivity index (χ0v) is 10.9. The first-order chi connectivity index (χ1) is 8.92. The fraction of sp³-hybridized carbons (Fsp3) is 0.308. The molecule has 2 aromatic rings. The largest absolute Gasteiger partial charge is 0.442 e. The van der Waals surface area contributed by atoms with Crippen molar-refractivity contribution in [2.75, 3.05) is 0 Å². The van der Waals surface area contributed by atoms with Crippen LogP contribution in [0.5, 0.6) is 5.88 Å². The van der Waals surface area contributed by atoms with E-state index >= 15 is 0 Å². The van der Waals surface area contributed by atoms with Gasteiger partial charge in [0.15, 0.2) is 0 Å². The molecule has 0 aliphatic rings. The van der Waals surface area contributed by atoms with Crippen molar-refractivity contribution < 1.29 is 19.1 Å². The molecule has 1 heterocycles. The van der Waals surface area contributed by atoms with E-state index in [2.05, 4.69) is 5.10 Å². The molecule has 0 aliphatic heterocycles. The van der Waals surface area contributed by atoms with Crippen LogP contribution in [-0.2, 0) is 9.53 Å². The molecule has 100 valence electrons. The third kappa shape index (κ3) is 2.73. The van der Waals surface area contributed by atoms with Gasteiger partial charge < -0.3 is 9.47 Å². The van der Waals surface area contributed by atoms with Gasteiger partial charge in [-0.1, -0.05) is 12.1 Å². The maximum Gasteiger partial charge on any atom is 0.435 e. The van der Waals surface area contributed by atoms with Gasteiger partial charge in [-0.15, -0.1) is 5.10 Å². The molecule has 0 fully saturated rings. The van der Waals surface area contributed by atoms with E-state index in [-0.39, 0.29) is 12.4 Å². The predicted molar refractivity (Wildman–Crippen MR) is 68.1 cm³/mol. The maximum absolute atomic E-state index is 12.0. The van der Waals surface area contributed by atoms with E-state index < -0.39 is 11.7 Å². The fourth-order valence-electron chi connectivity index (χ4n) is 1.61. The van der Waals surface area contributed by atoms with Crippen LogP contribution in [0.15, 0.2) is 24.3 Å². The van der Waals surface area contributed by atoms with E-state index in [1.165, 1.54) is 0 Å². The lowest BCUT2D eigenvalue weighted by Crippen LogP contribution is -2.27. The molecule has 0 radical (unpaired) electrons. The summed E-state index contributed by atoms with van der Waals surface area (Å²) >= 11 is 0. The SMILES string of the molecule is CC(C)(C)OC(=O)n1nc(OC=O)c2ccccc21. The van der Waals surface area contributed by atoms with Crippen molar-refractivity contribution in [1.82, 2.24) is 9.78 Å². The average Bonchev–Trinajstić information content (AvgIpc) is 2.67. The van der Waals surface area contributed by atoms with Gasteiger partial charge >= 0.3 is 6.09 Å². The second kappa shape index (κ2) is 4.72. The van der Waals surface area contributed by atoms with Crippen molar-refractivity contribution >= 4 is 23.5 Å². The molecule has 1 aromatic heterocycles. The van der Waals surface area contributed by atoms with E-state index in [4.69, 9.17) is 9.47 Å². The van der Waals surface area contributed by atoms with Gasteiger partial charge in [0.25, 0.3) is 6.47 Å². The van der Waals surface area contributed by atoms with Gasteiger partial charge in [0.2, 0.25) is 5.88 Å². The number of hydrogen-bond acceptors (Lipinski definition) is 5. The Kier molecular flexibility index (Phi) is 3.25. The molecule has 1 aromatic carbocycles. The lowest BCUT2D eigenvalue weighted by atomic mass is 10.2. The van der Waals surface area contributed by atoms with E-state index in [9.17, 15) is 9.59 Å². The number of rotatable bonds is 2. The minimum atomic E-state index is -0.629. The Morgan fingerprint density at radius 1 is 1.32 bits per heavy atom. The zero-order valence-electron chi connectivity index (χ0n) is 10.9. The maximum atomic E-state index is 12.0. The number of carbonyl (C=O) groups is 2. The van der Waals surface area contributed by atoms with Crippen molar-refractivity contribution in [3.8, 4) is 5.88 Å². The molecule has 6 nitrogen and oxygen atoms in total. The summed E-state index contributed by atoms with van der Waals surface area (Å²) in [6.45, 7) is 5.56.